The number of halogens is 3. The van der Waals surface area contributed by atoms with Crippen LogP contribution in [0.1, 0.15) is 33.5 Å². The first kappa shape index (κ1) is 21.2. The van der Waals surface area contributed by atoms with Crippen LogP contribution >= 0.6 is 11.8 Å². The molecule has 1 aromatic heterocycles. The molecular weight excluding hydrogens is 397 g/mol. The minimum atomic E-state index is -4.35. The van der Waals surface area contributed by atoms with Gasteiger partial charge in [0.15, 0.2) is 5.16 Å². The van der Waals surface area contributed by atoms with E-state index in [-0.39, 0.29) is 5.56 Å². The molecule has 3 rings (SSSR count). The Bertz CT molecular complexity index is 1070. The van der Waals surface area contributed by atoms with E-state index >= 15 is 0 Å². The maximum atomic E-state index is 12.9. The van der Waals surface area contributed by atoms with Gasteiger partial charge in [-0.15, -0.1) is 0 Å². The van der Waals surface area contributed by atoms with Gasteiger partial charge in [-0.2, -0.15) is 13.2 Å². The summed E-state index contributed by atoms with van der Waals surface area (Å²) in [5.41, 5.74) is 3.47. The highest BCUT2D eigenvalue weighted by Gasteiger charge is 2.29. The quantitative estimate of drug-likeness (QED) is 0.417. The summed E-state index contributed by atoms with van der Waals surface area (Å²) in [7, 11) is 1.67. The Balaban J connectivity index is 1.78. The van der Waals surface area contributed by atoms with Crippen LogP contribution < -0.4 is 5.56 Å². The van der Waals surface area contributed by atoms with E-state index < -0.39 is 11.7 Å². The zero-order valence-corrected chi connectivity index (χ0v) is 17.2. The van der Waals surface area contributed by atoms with Crippen molar-refractivity contribution in [3.8, 4) is 0 Å². The summed E-state index contributed by atoms with van der Waals surface area (Å²) in [6, 6.07) is 13.0. The molecule has 152 valence electrons. The lowest BCUT2D eigenvalue weighted by atomic mass is 10.0. The monoisotopic (exact) mass is 418 g/mol. The Hall–Kier alpha value is -2.54. The van der Waals surface area contributed by atoms with Crippen molar-refractivity contribution in [2.75, 3.05) is 0 Å². The minimum absolute atomic E-state index is 0.103. The zero-order valence-electron chi connectivity index (χ0n) is 16.4. The first-order chi connectivity index (χ1) is 13.6. The van der Waals surface area contributed by atoms with Crippen LogP contribution in [-0.4, -0.2) is 9.55 Å². The number of aryl methyl sites for hydroxylation is 2. The summed E-state index contributed by atoms with van der Waals surface area (Å²) < 4.78 is 39.5. The smallest absolute Gasteiger partial charge is 0.291 e. The topological polar surface area (TPSA) is 34.9 Å². The second kappa shape index (κ2) is 8.45. The molecule has 0 saturated heterocycles. The lowest BCUT2D eigenvalue weighted by Crippen LogP contribution is -2.25. The first-order valence-corrected chi connectivity index (χ1v) is 10.0. The van der Waals surface area contributed by atoms with Crippen molar-refractivity contribution in [3.05, 3.63) is 92.4 Å². The second-order valence-electron chi connectivity index (χ2n) is 6.97. The van der Waals surface area contributed by atoms with Gasteiger partial charge >= 0.3 is 6.18 Å². The predicted molar refractivity (Wildman–Crippen MR) is 109 cm³/mol. The Morgan fingerprint density at radius 2 is 1.72 bits per heavy atom. The largest absolute Gasteiger partial charge is 0.416 e. The predicted octanol–water partition coefficient (Wildman–Crippen LogP) is 5.30. The Morgan fingerprint density at radius 1 is 1.03 bits per heavy atom. The normalized spacial score (nSPS) is 11.7. The molecule has 2 aromatic carbocycles. The molecule has 0 radical (unpaired) electrons. The first-order valence-electron chi connectivity index (χ1n) is 9.06. The molecule has 29 heavy (non-hydrogen) atoms. The van der Waals surface area contributed by atoms with E-state index in [1.165, 1.54) is 28.5 Å². The molecule has 3 nitrogen and oxygen atoms in total. The van der Waals surface area contributed by atoms with Crippen molar-refractivity contribution < 1.29 is 13.2 Å². The van der Waals surface area contributed by atoms with Crippen molar-refractivity contribution in [2.45, 2.75) is 37.4 Å². The Morgan fingerprint density at radius 3 is 2.34 bits per heavy atom. The van der Waals surface area contributed by atoms with Crippen LogP contribution in [0.25, 0.3) is 0 Å². The summed E-state index contributed by atoms with van der Waals surface area (Å²) in [4.78, 5) is 17.4. The van der Waals surface area contributed by atoms with Crippen LogP contribution in [0.2, 0.25) is 0 Å². The van der Waals surface area contributed by atoms with Crippen molar-refractivity contribution in [1.29, 1.82) is 0 Å². The van der Waals surface area contributed by atoms with Crippen molar-refractivity contribution in [3.63, 3.8) is 0 Å². The van der Waals surface area contributed by atoms with E-state index in [9.17, 15) is 18.0 Å². The molecule has 0 bridgehead atoms. The highest BCUT2D eigenvalue weighted by atomic mass is 32.2. The minimum Gasteiger partial charge on any atom is -0.291 e. The third-order valence-electron chi connectivity index (χ3n) is 4.66. The lowest BCUT2D eigenvalue weighted by molar-refractivity contribution is -0.137. The number of nitrogens with zero attached hydrogens (tertiary/aromatic N) is 2. The molecule has 0 aliphatic carbocycles. The SMILES string of the molecule is Cc1cccc(Cc2c(C)nc(SCc3ccc(C(F)(F)F)cc3)n(C)c2=O)c1. The van der Waals surface area contributed by atoms with Gasteiger partial charge in [0.25, 0.3) is 5.56 Å². The lowest BCUT2D eigenvalue weighted by Gasteiger charge is -2.13. The fraction of sp³-hybridized carbons (Fsp3) is 0.273. The molecule has 0 fully saturated rings. The molecule has 0 atom stereocenters. The van der Waals surface area contributed by atoms with Crippen LogP contribution in [0.15, 0.2) is 58.5 Å². The maximum absolute atomic E-state index is 12.9. The molecule has 0 aliphatic heterocycles. The van der Waals surface area contributed by atoms with E-state index in [0.29, 0.717) is 28.6 Å². The van der Waals surface area contributed by atoms with E-state index in [0.717, 1.165) is 28.8 Å². The standard InChI is InChI=1S/C22H21F3N2OS/c1-14-5-4-6-17(11-14)12-19-15(2)26-21(27(3)20(19)28)29-13-16-7-9-18(10-8-16)22(23,24)25/h4-11H,12-13H2,1-3H3. The van der Waals surface area contributed by atoms with E-state index in [1.807, 2.05) is 38.1 Å². The van der Waals surface area contributed by atoms with Crippen LogP contribution in [0.5, 0.6) is 0 Å². The fourth-order valence-corrected chi connectivity index (χ4v) is 3.99. The van der Waals surface area contributed by atoms with Crippen molar-refractivity contribution in [1.82, 2.24) is 9.55 Å². The average Bonchev–Trinajstić information content (AvgIpc) is 2.67. The zero-order chi connectivity index (χ0) is 21.2. The van der Waals surface area contributed by atoms with Gasteiger partial charge < -0.3 is 0 Å². The molecule has 0 unspecified atom stereocenters. The van der Waals surface area contributed by atoms with Crippen LogP contribution in [0.4, 0.5) is 13.2 Å². The third-order valence-corrected chi connectivity index (χ3v) is 5.76. The highest BCUT2D eigenvalue weighted by molar-refractivity contribution is 7.98. The Labute approximate surface area is 171 Å². The number of hydrogen-bond donors (Lipinski definition) is 0. The van der Waals surface area contributed by atoms with Gasteiger partial charge in [-0.3, -0.25) is 9.36 Å². The molecule has 0 N–H and O–H groups in total. The van der Waals surface area contributed by atoms with E-state index in [2.05, 4.69) is 4.98 Å². The van der Waals surface area contributed by atoms with Crippen molar-refractivity contribution >= 4 is 11.8 Å². The van der Waals surface area contributed by atoms with Gasteiger partial charge in [0.05, 0.1) is 5.56 Å². The van der Waals surface area contributed by atoms with Gasteiger partial charge in [0.1, 0.15) is 0 Å². The van der Waals surface area contributed by atoms with Crippen LogP contribution in [0.3, 0.4) is 0 Å². The van der Waals surface area contributed by atoms with Crippen LogP contribution in [-0.2, 0) is 25.4 Å². The van der Waals surface area contributed by atoms with Gasteiger partial charge in [-0.1, -0.05) is 53.7 Å². The highest BCUT2D eigenvalue weighted by Crippen LogP contribution is 2.30. The van der Waals surface area contributed by atoms with Crippen molar-refractivity contribution in [2.24, 2.45) is 7.05 Å². The van der Waals surface area contributed by atoms with Gasteiger partial charge in [0.2, 0.25) is 0 Å². The summed E-state index contributed by atoms with van der Waals surface area (Å²) in [6.45, 7) is 3.82. The van der Waals surface area contributed by atoms with E-state index in [4.69, 9.17) is 0 Å². The summed E-state index contributed by atoms with van der Waals surface area (Å²) >= 11 is 1.33. The van der Waals surface area contributed by atoms with Gasteiger partial charge in [-0.05, 0) is 37.1 Å². The number of aromatic nitrogens is 2. The summed E-state index contributed by atoms with van der Waals surface area (Å²) in [5, 5.41) is 0.542. The van der Waals surface area contributed by atoms with Crippen LogP contribution in [0, 0.1) is 13.8 Å². The van der Waals surface area contributed by atoms with Gasteiger partial charge in [-0.25, -0.2) is 4.98 Å². The number of benzene rings is 2. The molecule has 0 amide bonds. The Kier molecular flexibility index (Phi) is 6.17. The number of alkyl halides is 3. The summed E-state index contributed by atoms with van der Waals surface area (Å²) in [5.74, 6) is 0.426. The molecule has 1 heterocycles. The number of hydrogen-bond acceptors (Lipinski definition) is 3. The molecular formula is C22H21F3N2OS. The fourth-order valence-electron chi connectivity index (χ4n) is 3.03. The number of rotatable bonds is 5. The van der Waals surface area contributed by atoms with Gasteiger partial charge in [0, 0.05) is 30.5 Å². The summed E-state index contributed by atoms with van der Waals surface area (Å²) in [6.07, 6.45) is -3.83. The molecule has 0 aliphatic rings. The average molecular weight is 418 g/mol. The number of thioether (sulfide) groups is 1. The molecule has 0 spiro atoms. The second-order valence-corrected chi connectivity index (χ2v) is 7.91. The maximum Gasteiger partial charge on any atom is 0.416 e. The molecule has 3 aromatic rings. The molecule has 0 saturated carbocycles. The third kappa shape index (κ3) is 5.09. The van der Waals surface area contributed by atoms with E-state index in [1.54, 1.807) is 7.05 Å². The molecule has 7 heteroatoms.